The number of ether oxygens (including phenoxy) is 1. The first-order chi connectivity index (χ1) is 8.80. The number of nitrogens with one attached hydrogen (secondary N) is 1. The van der Waals surface area contributed by atoms with Crippen LogP contribution in [0.5, 0.6) is 0 Å². The highest BCUT2D eigenvalue weighted by Crippen LogP contribution is 2.12. The van der Waals surface area contributed by atoms with Gasteiger partial charge in [0.15, 0.2) is 3.84 Å². The largest absolute Gasteiger partial charge is 0.442 e. The fraction of sp³-hybridized carbons (Fsp3) is 0.308. The van der Waals surface area contributed by atoms with Crippen molar-refractivity contribution < 1.29 is 9.53 Å². The van der Waals surface area contributed by atoms with Crippen molar-refractivity contribution >= 4 is 38.2 Å². The predicted octanol–water partition coefficient (Wildman–Crippen LogP) is 3.70. The molecule has 1 aromatic carbocycles. The number of halogens is 1. The standard InChI is InChI=1S/C13H14IN3O2/c1-13(2,3)19-12(18)17-11(14)16-10-6-4-5-9(7-10)8-15/h4-7H,1-3H3,(H,16,17,18). The summed E-state index contributed by atoms with van der Waals surface area (Å²) < 4.78 is 5.44. The van der Waals surface area contributed by atoms with Crippen LogP contribution in [-0.2, 0) is 4.74 Å². The Morgan fingerprint density at radius 3 is 2.74 bits per heavy atom. The first-order valence-corrected chi connectivity index (χ1v) is 6.62. The van der Waals surface area contributed by atoms with Gasteiger partial charge in [0.1, 0.15) is 5.60 Å². The Morgan fingerprint density at radius 1 is 1.47 bits per heavy atom. The second-order valence-corrected chi connectivity index (χ2v) is 5.72. The number of carbonyl (C=O) groups is 1. The number of nitriles is 1. The van der Waals surface area contributed by atoms with Crippen LogP contribution in [0.4, 0.5) is 10.5 Å². The van der Waals surface area contributed by atoms with E-state index in [4.69, 9.17) is 10.00 Å². The van der Waals surface area contributed by atoms with E-state index in [1.54, 1.807) is 45.0 Å². The van der Waals surface area contributed by atoms with Crippen molar-refractivity contribution in [1.82, 2.24) is 0 Å². The van der Waals surface area contributed by atoms with Gasteiger partial charge in [0.25, 0.3) is 0 Å². The molecule has 1 amide bonds. The van der Waals surface area contributed by atoms with E-state index < -0.39 is 11.7 Å². The molecule has 5 nitrogen and oxygen atoms in total. The zero-order chi connectivity index (χ0) is 14.5. The fourth-order valence-corrected chi connectivity index (χ4v) is 1.69. The SMILES string of the molecule is CC(C)(C)OC(=O)/N=C(/I)Nc1cccc(C#N)c1. The van der Waals surface area contributed by atoms with Gasteiger partial charge in [-0.25, -0.2) is 4.79 Å². The molecule has 100 valence electrons. The second kappa shape index (κ2) is 6.52. The molecule has 0 heterocycles. The van der Waals surface area contributed by atoms with Gasteiger partial charge in [-0.1, -0.05) is 6.07 Å². The molecule has 6 heteroatoms. The van der Waals surface area contributed by atoms with E-state index in [1.807, 2.05) is 28.7 Å². The van der Waals surface area contributed by atoms with Gasteiger partial charge in [-0.15, -0.1) is 0 Å². The van der Waals surface area contributed by atoms with E-state index in [-0.39, 0.29) is 0 Å². The van der Waals surface area contributed by atoms with Crippen LogP contribution in [0, 0.1) is 11.3 Å². The third-order valence-electron chi connectivity index (χ3n) is 1.82. The predicted molar refractivity (Wildman–Crippen MR) is 82.5 cm³/mol. The zero-order valence-electron chi connectivity index (χ0n) is 10.9. The van der Waals surface area contributed by atoms with Gasteiger partial charge >= 0.3 is 6.09 Å². The van der Waals surface area contributed by atoms with Crippen LogP contribution in [0.15, 0.2) is 29.3 Å². The lowest BCUT2D eigenvalue weighted by Gasteiger charge is -2.17. The van der Waals surface area contributed by atoms with Gasteiger partial charge in [-0.2, -0.15) is 10.3 Å². The Bertz CT molecular complexity index is 542. The minimum atomic E-state index is -0.652. The highest BCUT2D eigenvalue weighted by molar-refractivity contribution is 14.1. The van der Waals surface area contributed by atoms with Crippen LogP contribution in [-0.4, -0.2) is 15.5 Å². The lowest BCUT2D eigenvalue weighted by Crippen LogP contribution is -2.22. The fourth-order valence-electron chi connectivity index (χ4n) is 1.18. The Kier molecular flexibility index (Phi) is 5.30. The molecule has 0 aliphatic carbocycles. The summed E-state index contributed by atoms with van der Waals surface area (Å²) in [5.41, 5.74) is 0.653. The molecule has 0 saturated heterocycles. The van der Waals surface area contributed by atoms with E-state index in [1.165, 1.54) is 0 Å². The number of amidine groups is 1. The molecule has 1 aromatic rings. The third-order valence-corrected chi connectivity index (χ3v) is 2.33. The molecular formula is C13H14IN3O2. The number of hydrogen-bond donors (Lipinski definition) is 1. The van der Waals surface area contributed by atoms with Gasteiger partial charge < -0.3 is 10.1 Å². The number of hydrogen-bond acceptors (Lipinski definition) is 3. The molecule has 0 atom stereocenters. The summed E-state index contributed by atoms with van der Waals surface area (Å²) in [4.78, 5) is 15.2. The van der Waals surface area contributed by atoms with E-state index in [0.29, 0.717) is 15.1 Å². The third kappa shape index (κ3) is 6.20. The molecule has 1 N–H and O–H groups in total. The van der Waals surface area contributed by atoms with E-state index in [2.05, 4.69) is 10.3 Å². The average Bonchev–Trinajstić information content (AvgIpc) is 2.26. The van der Waals surface area contributed by atoms with Crippen LogP contribution in [0.1, 0.15) is 26.3 Å². The van der Waals surface area contributed by atoms with Gasteiger partial charge in [0.2, 0.25) is 0 Å². The lowest BCUT2D eigenvalue weighted by atomic mass is 10.2. The minimum Gasteiger partial charge on any atom is -0.442 e. The molecule has 0 unspecified atom stereocenters. The van der Waals surface area contributed by atoms with Gasteiger partial charge in [0, 0.05) is 5.69 Å². The summed E-state index contributed by atoms with van der Waals surface area (Å²) in [6, 6.07) is 8.94. The first kappa shape index (κ1) is 15.4. The maximum Gasteiger partial charge on any atom is 0.436 e. The van der Waals surface area contributed by atoms with Gasteiger partial charge in [-0.3, -0.25) is 0 Å². The minimum absolute atomic E-state index is 0.377. The van der Waals surface area contributed by atoms with E-state index in [0.717, 1.165) is 0 Å². The summed E-state index contributed by atoms with van der Waals surface area (Å²) in [6.45, 7) is 5.32. The van der Waals surface area contributed by atoms with Crippen molar-refractivity contribution in [2.75, 3.05) is 5.32 Å². The molecule has 0 aromatic heterocycles. The van der Waals surface area contributed by atoms with E-state index in [9.17, 15) is 4.79 Å². The quantitative estimate of drug-likeness (QED) is 0.354. The van der Waals surface area contributed by atoms with Crippen LogP contribution < -0.4 is 5.32 Å². The number of amides is 1. The molecule has 0 aliphatic heterocycles. The maximum atomic E-state index is 11.5. The van der Waals surface area contributed by atoms with Gasteiger partial charge in [-0.05, 0) is 61.6 Å². The van der Waals surface area contributed by atoms with E-state index >= 15 is 0 Å². The number of anilines is 1. The van der Waals surface area contributed by atoms with Crippen molar-refractivity contribution in [3.8, 4) is 6.07 Å². The Labute approximate surface area is 125 Å². The molecule has 1 rings (SSSR count). The molecule has 0 aliphatic rings. The number of aliphatic imine (C=N–C) groups is 1. The molecular weight excluding hydrogens is 357 g/mol. The van der Waals surface area contributed by atoms with Crippen LogP contribution in [0.25, 0.3) is 0 Å². The first-order valence-electron chi connectivity index (χ1n) is 5.54. The Hall–Kier alpha value is -1.62. The maximum absolute atomic E-state index is 11.5. The number of carbonyl (C=O) groups excluding carboxylic acids is 1. The molecule has 0 saturated carbocycles. The van der Waals surface area contributed by atoms with Crippen LogP contribution >= 0.6 is 22.6 Å². The Balaban J connectivity index is 2.71. The summed E-state index contributed by atoms with van der Waals surface area (Å²) in [5.74, 6) is 0. The molecule has 0 radical (unpaired) electrons. The summed E-state index contributed by atoms with van der Waals surface area (Å²) in [6.07, 6.45) is -0.652. The highest BCUT2D eigenvalue weighted by Gasteiger charge is 2.15. The number of rotatable bonds is 1. The molecule has 19 heavy (non-hydrogen) atoms. The summed E-state index contributed by atoms with van der Waals surface area (Å²) in [5, 5.41) is 11.7. The molecule has 0 spiro atoms. The normalized spacial score (nSPS) is 11.6. The average molecular weight is 371 g/mol. The van der Waals surface area contributed by atoms with Crippen LogP contribution in [0.3, 0.4) is 0 Å². The molecule has 0 bridgehead atoms. The zero-order valence-corrected chi connectivity index (χ0v) is 13.1. The lowest BCUT2D eigenvalue weighted by molar-refractivity contribution is 0.0605. The summed E-state index contributed by atoms with van der Waals surface area (Å²) in [7, 11) is 0. The highest BCUT2D eigenvalue weighted by atomic mass is 127. The summed E-state index contributed by atoms with van der Waals surface area (Å²) >= 11 is 1.89. The van der Waals surface area contributed by atoms with Crippen molar-refractivity contribution in [2.45, 2.75) is 26.4 Å². The van der Waals surface area contributed by atoms with Crippen molar-refractivity contribution in [3.63, 3.8) is 0 Å². The molecule has 0 fully saturated rings. The van der Waals surface area contributed by atoms with Crippen molar-refractivity contribution in [1.29, 1.82) is 5.26 Å². The Morgan fingerprint density at radius 2 is 2.16 bits per heavy atom. The second-order valence-electron chi connectivity index (χ2n) is 4.70. The number of benzene rings is 1. The van der Waals surface area contributed by atoms with Crippen molar-refractivity contribution in [3.05, 3.63) is 29.8 Å². The van der Waals surface area contributed by atoms with Crippen molar-refractivity contribution in [2.24, 2.45) is 4.99 Å². The topological polar surface area (TPSA) is 74.5 Å². The van der Waals surface area contributed by atoms with Crippen LogP contribution in [0.2, 0.25) is 0 Å². The number of nitrogens with zero attached hydrogens (tertiary/aromatic N) is 2. The monoisotopic (exact) mass is 371 g/mol. The van der Waals surface area contributed by atoms with Gasteiger partial charge in [0.05, 0.1) is 11.6 Å². The smallest absolute Gasteiger partial charge is 0.436 e.